The smallest absolute Gasteiger partial charge is 0.306 e. The fraction of sp³-hybridized carbons (Fsp3) is 0.707. The Morgan fingerprint density at radius 2 is 0.625 bits per heavy atom. The van der Waals surface area contributed by atoms with Crippen LogP contribution in [-0.4, -0.2) is 37.2 Å². The predicted octanol–water partition coefficient (Wildman–Crippen LogP) is 17.6. The summed E-state index contributed by atoms with van der Waals surface area (Å²) >= 11 is 0. The Balaban J connectivity index is 4.49. The van der Waals surface area contributed by atoms with Gasteiger partial charge in [0.15, 0.2) is 6.10 Å². The number of carbonyl (C=O) groups excluding carboxylic acids is 3. The average molecular weight is 891 g/mol. The van der Waals surface area contributed by atoms with E-state index < -0.39 is 6.10 Å². The summed E-state index contributed by atoms with van der Waals surface area (Å²) in [4.78, 5) is 38.0. The van der Waals surface area contributed by atoms with Crippen molar-refractivity contribution in [3.8, 4) is 0 Å². The van der Waals surface area contributed by atoms with E-state index in [1.807, 2.05) is 0 Å². The summed E-state index contributed by atoms with van der Waals surface area (Å²) in [6.07, 6.45) is 67.1. The molecule has 0 bridgehead atoms. The molecule has 0 amide bonds. The van der Waals surface area contributed by atoms with Crippen LogP contribution < -0.4 is 0 Å². The lowest BCUT2D eigenvalue weighted by Crippen LogP contribution is -2.30. The van der Waals surface area contributed by atoms with E-state index in [4.69, 9.17) is 14.2 Å². The molecule has 0 aliphatic carbocycles. The number of esters is 3. The van der Waals surface area contributed by atoms with Crippen LogP contribution in [0, 0.1) is 0 Å². The molecule has 0 N–H and O–H groups in total. The van der Waals surface area contributed by atoms with Gasteiger partial charge < -0.3 is 14.2 Å². The first-order valence-corrected chi connectivity index (χ1v) is 26.6. The first kappa shape index (κ1) is 60.6. The van der Waals surface area contributed by atoms with E-state index in [1.165, 1.54) is 96.3 Å². The van der Waals surface area contributed by atoms with Crippen molar-refractivity contribution >= 4 is 17.9 Å². The van der Waals surface area contributed by atoms with Gasteiger partial charge in [0.05, 0.1) is 0 Å². The zero-order chi connectivity index (χ0) is 46.5. The third kappa shape index (κ3) is 49.6. The molecule has 0 unspecified atom stereocenters. The normalized spacial score (nSPS) is 12.7. The molecule has 0 aromatic carbocycles. The molecule has 0 aliphatic heterocycles. The SMILES string of the molecule is CC/C=C\C/C=C\C/C=C\C/C=C\C/C=C\CCCC(=O)OC[C@@H](COC(=O)CCCCCCCCCCCCCCCC)OC(=O)CCCCCCC/C=C\C/C=C\CCCCC. The number of unbranched alkanes of at least 4 members (excludes halogenated alkanes) is 22. The van der Waals surface area contributed by atoms with Crippen molar-refractivity contribution in [2.45, 2.75) is 252 Å². The molecule has 0 rings (SSSR count). The van der Waals surface area contributed by atoms with Crippen LogP contribution >= 0.6 is 0 Å². The van der Waals surface area contributed by atoms with Gasteiger partial charge in [0.25, 0.3) is 0 Å². The molecule has 6 nitrogen and oxygen atoms in total. The first-order valence-electron chi connectivity index (χ1n) is 26.6. The number of hydrogen-bond donors (Lipinski definition) is 0. The van der Waals surface area contributed by atoms with Crippen LogP contribution in [0.5, 0.6) is 0 Å². The Morgan fingerprint density at radius 3 is 1.05 bits per heavy atom. The Labute approximate surface area is 395 Å². The third-order valence-corrected chi connectivity index (χ3v) is 11.1. The maximum absolute atomic E-state index is 12.8. The van der Waals surface area contributed by atoms with Gasteiger partial charge in [-0.05, 0) is 89.9 Å². The van der Waals surface area contributed by atoms with E-state index in [2.05, 4.69) is 106 Å². The number of rotatable bonds is 47. The van der Waals surface area contributed by atoms with Gasteiger partial charge in [0.2, 0.25) is 0 Å². The molecule has 0 aliphatic rings. The van der Waals surface area contributed by atoms with Crippen molar-refractivity contribution in [3.05, 3.63) is 85.1 Å². The standard InChI is InChI=1S/C58H98O6/c1-4-7-10-13-16-19-22-25-28-29-31-33-36-39-42-45-48-51-57(60)63-54-55(53-62-56(59)50-47-44-41-38-35-32-27-24-21-18-15-12-9-6-3)64-58(61)52-49-46-43-40-37-34-30-26-23-20-17-14-11-8-5-2/h7,10,16-17,19-20,25-26,28,30-31,33,39,42,55H,4-6,8-9,11-15,18,21-24,27,29,32,34-38,40-41,43-54H2,1-3H3/b10-7-,19-16-,20-17-,28-25-,30-26-,33-31-,42-39-/t55-/m1/s1. The predicted molar refractivity (Wildman–Crippen MR) is 274 cm³/mol. The zero-order valence-electron chi connectivity index (χ0n) is 41.8. The molecule has 6 heteroatoms. The molecule has 0 aromatic rings. The Kier molecular flexibility index (Phi) is 49.4. The highest BCUT2D eigenvalue weighted by molar-refractivity contribution is 5.71. The maximum atomic E-state index is 12.8. The van der Waals surface area contributed by atoms with E-state index in [-0.39, 0.29) is 37.5 Å². The van der Waals surface area contributed by atoms with E-state index in [0.717, 1.165) is 103 Å². The van der Waals surface area contributed by atoms with Crippen LogP contribution in [0.1, 0.15) is 245 Å². The lowest BCUT2D eigenvalue weighted by atomic mass is 10.0. The second-order valence-electron chi connectivity index (χ2n) is 17.4. The highest BCUT2D eigenvalue weighted by Crippen LogP contribution is 2.15. The highest BCUT2D eigenvalue weighted by Gasteiger charge is 2.19. The molecule has 64 heavy (non-hydrogen) atoms. The van der Waals surface area contributed by atoms with Crippen molar-refractivity contribution in [2.24, 2.45) is 0 Å². The van der Waals surface area contributed by atoms with Gasteiger partial charge >= 0.3 is 17.9 Å². The molecule has 0 saturated carbocycles. The molecule has 366 valence electrons. The second kappa shape index (κ2) is 52.2. The van der Waals surface area contributed by atoms with Gasteiger partial charge in [0, 0.05) is 19.3 Å². The molecule has 0 radical (unpaired) electrons. The van der Waals surface area contributed by atoms with Crippen LogP contribution in [0.2, 0.25) is 0 Å². The van der Waals surface area contributed by atoms with Crippen molar-refractivity contribution in [2.75, 3.05) is 13.2 Å². The molecular weight excluding hydrogens is 793 g/mol. The van der Waals surface area contributed by atoms with Gasteiger partial charge in [-0.2, -0.15) is 0 Å². The van der Waals surface area contributed by atoms with Crippen LogP contribution in [-0.2, 0) is 28.6 Å². The minimum Gasteiger partial charge on any atom is -0.462 e. The van der Waals surface area contributed by atoms with E-state index in [0.29, 0.717) is 19.3 Å². The molecule has 0 saturated heterocycles. The third-order valence-electron chi connectivity index (χ3n) is 11.1. The van der Waals surface area contributed by atoms with Gasteiger partial charge in [-0.1, -0.05) is 221 Å². The first-order chi connectivity index (χ1) is 31.5. The molecule has 0 aromatic heterocycles. The van der Waals surface area contributed by atoms with Crippen LogP contribution in [0.3, 0.4) is 0 Å². The minimum atomic E-state index is -0.805. The molecule has 0 fully saturated rings. The highest BCUT2D eigenvalue weighted by atomic mass is 16.6. The molecule has 0 spiro atoms. The van der Waals surface area contributed by atoms with Crippen LogP contribution in [0.15, 0.2) is 85.1 Å². The summed E-state index contributed by atoms with van der Waals surface area (Å²) in [5, 5.41) is 0. The zero-order valence-corrected chi connectivity index (χ0v) is 41.8. The fourth-order valence-electron chi connectivity index (χ4n) is 7.15. The van der Waals surface area contributed by atoms with Crippen LogP contribution in [0.25, 0.3) is 0 Å². The summed E-state index contributed by atoms with van der Waals surface area (Å²) in [6, 6.07) is 0. The summed E-state index contributed by atoms with van der Waals surface area (Å²) < 4.78 is 16.8. The summed E-state index contributed by atoms with van der Waals surface area (Å²) in [5.41, 5.74) is 0. The Hall–Kier alpha value is -3.41. The minimum absolute atomic E-state index is 0.0986. The van der Waals surface area contributed by atoms with E-state index >= 15 is 0 Å². The van der Waals surface area contributed by atoms with Crippen molar-refractivity contribution in [1.82, 2.24) is 0 Å². The monoisotopic (exact) mass is 891 g/mol. The van der Waals surface area contributed by atoms with Crippen molar-refractivity contribution < 1.29 is 28.6 Å². The van der Waals surface area contributed by atoms with E-state index in [1.54, 1.807) is 0 Å². The number of ether oxygens (including phenoxy) is 3. The molecule has 0 heterocycles. The summed E-state index contributed by atoms with van der Waals surface area (Å²) in [5.74, 6) is -0.971. The summed E-state index contributed by atoms with van der Waals surface area (Å²) in [6.45, 7) is 6.44. The van der Waals surface area contributed by atoms with E-state index in [9.17, 15) is 14.4 Å². The quantitative estimate of drug-likeness (QED) is 0.0262. The second-order valence-corrected chi connectivity index (χ2v) is 17.4. The van der Waals surface area contributed by atoms with Crippen molar-refractivity contribution in [3.63, 3.8) is 0 Å². The molecular formula is C58H98O6. The topological polar surface area (TPSA) is 78.9 Å². The van der Waals surface area contributed by atoms with Gasteiger partial charge in [-0.15, -0.1) is 0 Å². The summed E-state index contributed by atoms with van der Waals surface area (Å²) in [7, 11) is 0. The average Bonchev–Trinajstić information content (AvgIpc) is 3.29. The Morgan fingerprint density at radius 1 is 0.328 bits per heavy atom. The molecule has 1 atom stereocenters. The van der Waals surface area contributed by atoms with Crippen LogP contribution in [0.4, 0.5) is 0 Å². The lowest BCUT2D eigenvalue weighted by Gasteiger charge is -2.18. The van der Waals surface area contributed by atoms with Crippen molar-refractivity contribution in [1.29, 1.82) is 0 Å². The van der Waals surface area contributed by atoms with Gasteiger partial charge in [-0.25, -0.2) is 0 Å². The number of hydrogen-bond acceptors (Lipinski definition) is 6. The van der Waals surface area contributed by atoms with Gasteiger partial charge in [0.1, 0.15) is 13.2 Å². The number of allylic oxidation sites excluding steroid dienone is 14. The van der Waals surface area contributed by atoms with Gasteiger partial charge in [-0.3, -0.25) is 14.4 Å². The fourth-order valence-corrected chi connectivity index (χ4v) is 7.15. The number of carbonyl (C=O) groups is 3. The lowest BCUT2D eigenvalue weighted by molar-refractivity contribution is -0.167. The Bertz CT molecular complexity index is 1250. The largest absolute Gasteiger partial charge is 0.462 e. The maximum Gasteiger partial charge on any atom is 0.306 e.